The van der Waals surface area contributed by atoms with Crippen molar-refractivity contribution in [2.75, 3.05) is 6.54 Å². The van der Waals surface area contributed by atoms with Crippen LogP contribution in [0.3, 0.4) is 0 Å². The van der Waals surface area contributed by atoms with E-state index in [0.717, 1.165) is 19.4 Å². The maximum Gasteiger partial charge on any atom is 0.168 e. The number of halogens is 1. The minimum absolute atomic E-state index is 0.679. The molecule has 0 fully saturated rings. The fourth-order valence-corrected chi connectivity index (χ4v) is 1.73. The van der Waals surface area contributed by atoms with Gasteiger partial charge >= 0.3 is 0 Å². The summed E-state index contributed by atoms with van der Waals surface area (Å²) in [7, 11) is 0. The molecule has 11 heavy (non-hydrogen) atoms. The van der Waals surface area contributed by atoms with Crippen LogP contribution in [-0.2, 0) is 0 Å². The second-order valence-corrected chi connectivity index (χ2v) is 4.53. The summed E-state index contributed by atoms with van der Waals surface area (Å²) >= 11 is 2.06. The first kappa shape index (κ1) is 11.6. The highest BCUT2D eigenvalue weighted by molar-refractivity contribution is 14.1. The third kappa shape index (κ3) is 7.03. The van der Waals surface area contributed by atoms with Crippen molar-refractivity contribution in [3.05, 3.63) is 0 Å². The van der Waals surface area contributed by atoms with E-state index in [9.17, 15) is 5.11 Å². The number of nitrogens with one attached hydrogen (secondary N) is 1. The monoisotopic (exact) mass is 271 g/mol. The first-order valence-corrected chi connectivity index (χ1v) is 5.36. The van der Waals surface area contributed by atoms with E-state index in [2.05, 4.69) is 34.8 Å². The van der Waals surface area contributed by atoms with Gasteiger partial charge in [-0.3, -0.25) is 5.32 Å². The molecule has 68 valence electrons. The molecule has 2 nitrogen and oxygen atoms in total. The molecule has 0 radical (unpaired) electrons. The molecule has 0 saturated heterocycles. The lowest BCUT2D eigenvalue weighted by Gasteiger charge is -2.21. The van der Waals surface area contributed by atoms with Crippen LogP contribution in [0.25, 0.3) is 0 Å². The van der Waals surface area contributed by atoms with Crippen molar-refractivity contribution in [1.29, 1.82) is 0 Å². The molecule has 0 aromatic carbocycles. The van der Waals surface area contributed by atoms with Crippen LogP contribution in [0, 0.1) is 0 Å². The average molecular weight is 271 g/mol. The Balaban J connectivity index is 3.38. The van der Waals surface area contributed by atoms with Gasteiger partial charge < -0.3 is 5.11 Å². The third-order valence-electron chi connectivity index (χ3n) is 1.56. The first-order chi connectivity index (χ1) is 5.12. The van der Waals surface area contributed by atoms with E-state index in [4.69, 9.17) is 0 Å². The molecular formula is C8H18INO. The standard InChI is InChI=1S/C8H18INO/c1-3-5-6-7-8(9,11)10-4-2/h10-11H,3-7H2,1-2H3. The third-order valence-corrected chi connectivity index (χ3v) is 2.48. The van der Waals surface area contributed by atoms with Gasteiger partial charge in [0.2, 0.25) is 0 Å². The minimum Gasteiger partial charge on any atom is -0.367 e. The summed E-state index contributed by atoms with van der Waals surface area (Å²) in [6.45, 7) is 4.99. The molecular weight excluding hydrogens is 253 g/mol. The van der Waals surface area contributed by atoms with E-state index in [0.29, 0.717) is 0 Å². The molecule has 0 saturated carbocycles. The van der Waals surface area contributed by atoms with Gasteiger partial charge in [-0.1, -0.05) is 26.7 Å². The Kier molecular flexibility index (Phi) is 6.56. The largest absolute Gasteiger partial charge is 0.367 e. The smallest absolute Gasteiger partial charge is 0.168 e. The lowest BCUT2D eigenvalue weighted by Crippen LogP contribution is -2.38. The molecule has 0 spiro atoms. The van der Waals surface area contributed by atoms with Gasteiger partial charge in [-0.2, -0.15) is 0 Å². The molecule has 2 N–H and O–H groups in total. The van der Waals surface area contributed by atoms with Crippen molar-refractivity contribution >= 4 is 22.6 Å². The Morgan fingerprint density at radius 2 is 2.00 bits per heavy atom. The zero-order valence-electron chi connectivity index (χ0n) is 7.36. The van der Waals surface area contributed by atoms with E-state index in [1.54, 1.807) is 0 Å². The van der Waals surface area contributed by atoms with Crippen molar-refractivity contribution in [2.24, 2.45) is 0 Å². The van der Waals surface area contributed by atoms with Gasteiger partial charge in [-0.05, 0) is 42.0 Å². The molecule has 0 aliphatic carbocycles. The van der Waals surface area contributed by atoms with Gasteiger partial charge in [-0.15, -0.1) is 0 Å². The van der Waals surface area contributed by atoms with Crippen LogP contribution < -0.4 is 5.32 Å². The van der Waals surface area contributed by atoms with Gasteiger partial charge in [0.05, 0.1) is 0 Å². The quantitative estimate of drug-likeness (QED) is 0.255. The molecule has 0 aliphatic rings. The van der Waals surface area contributed by atoms with Gasteiger partial charge in [0.15, 0.2) is 3.73 Å². The summed E-state index contributed by atoms with van der Waals surface area (Å²) in [6, 6.07) is 0. The summed E-state index contributed by atoms with van der Waals surface area (Å²) in [6.07, 6.45) is 4.35. The molecule has 0 bridgehead atoms. The van der Waals surface area contributed by atoms with Crippen LogP contribution in [0.2, 0.25) is 0 Å². The van der Waals surface area contributed by atoms with E-state index < -0.39 is 3.73 Å². The van der Waals surface area contributed by atoms with Crippen LogP contribution in [-0.4, -0.2) is 15.4 Å². The van der Waals surface area contributed by atoms with Gasteiger partial charge in [0, 0.05) is 0 Å². The van der Waals surface area contributed by atoms with Crippen molar-refractivity contribution in [3.63, 3.8) is 0 Å². The maximum absolute atomic E-state index is 9.62. The predicted molar refractivity (Wildman–Crippen MR) is 56.8 cm³/mol. The molecule has 0 aliphatic heterocycles. The molecule has 0 rings (SSSR count). The molecule has 0 aromatic rings. The number of aliphatic hydroxyl groups is 1. The highest BCUT2D eigenvalue weighted by Gasteiger charge is 2.19. The second kappa shape index (κ2) is 6.20. The summed E-state index contributed by atoms with van der Waals surface area (Å²) in [4.78, 5) is 0. The highest BCUT2D eigenvalue weighted by atomic mass is 127. The fraction of sp³-hybridized carbons (Fsp3) is 1.00. The van der Waals surface area contributed by atoms with E-state index in [1.807, 2.05) is 6.92 Å². The fourth-order valence-electron chi connectivity index (χ4n) is 0.969. The zero-order valence-corrected chi connectivity index (χ0v) is 9.52. The van der Waals surface area contributed by atoms with Crippen LogP contribution in [0.4, 0.5) is 0 Å². The lowest BCUT2D eigenvalue weighted by atomic mass is 10.2. The topological polar surface area (TPSA) is 32.3 Å². The summed E-state index contributed by atoms with van der Waals surface area (Å²) in [5.41, 5.74) is 0. The number of hydrogen-bond donors (Lipinski definition) is 2. The molecule has 1 unspecified atom stereocenters. The van der Waals surface area contributed by atoms with Crippen molar-refractivity contribution in [1.82, 2.24) is 5.32 Å². The SMILES string of the molecule is CCCCCC(O)(I)NCC. The van der Waals surface area contributed by atoms with Gasteiger partial charge in [-0.25, -0.2) is 0 Å². The Morgan fingerprint density at radius 3 is 2.45 bits per heavy atom. The zero-order chi connectivity index (χ0) is 8.74. The van der Waals surface area contributed by atoms with Crippen molar-refractivity contribution in [3.8, 4) is 0 Å². The predicted octanol–water partition coefficient (Wildman–Crippen LogP) is 2.26. The Bertz CT molecular complexity index is 96.1. The van der Waals surface area contributed by atoms with Crippen LogP contribution in [0.5, 0.6) is 0 Å². The maximum atomic E-state index is 9.62. The Hall–Kier alpha value is 0.650. The highest BCUT2D eigenvalue weighted by Crippen LogP contribution is 2.19. The van der Waals surface area contributed by atoms with Crippen molar-refractivity contribution < 1.29 is 5.11 Å². The normalized spacial score (nSPS) is 16.4. The van der Waals surface area contributed by atoms with Crippen LogP contribution in [0.1, 0.15) is 39.5 Å². The molecule has 3 heteroatoms. The minimum atomic E-state index is -0.679. The number of hydrogen-bond acceptors (Lipinski definition) is 2. The molecule has 0 heterocycles. The number of alkyl halides is 1. The Morgan fingerprint density at radius 1 is 1.36 bits per heavy atom. The first-order valence-electron chi connectivity index (χ1n) is 4.28. The Labute approximate surface area is 82.9 Å². The van der Waals surface area contributed by atoms with Crippen LogP contribution in [0.15, 0.2) is 0 Å². The lowest BCUT2D eigenvalue weighted by molar-refractivity contribution is 0.108. The number of rotatable bonds is 6. The van der Waals surface area contributed by atoms with E-state index in [-0.39, 0.29) is 0 Å². The van der Waals surface area contributed by atoms with Crippen LogP contribution >= 0.6 is 22.6 Å². The molecule has 0 aromatic heterocycles. The second-order valence-electron chi connectivity index (χ2n) is 2.75. The van der Waals surface area contributed by atoms with E-state index in [1.165, 1.54) is 12.8 Å². The van der Waals surface area contributed by atoms with Crippen molar-refractivity contribution in [2.45, 2.75) is 43.3 Å². The summed E-state index contributed by atoms with van der Waals surface area (Å²) in [5, 5.41) is 12.6. The summed E-state index contributed by atoms with van der Waals surface area (Å²) in [5.74, 6) is 0. The van der Waals surface area contributed by atoms with Gasteiger partial charge in [0.1, 0.15) is 0 Å². The van der Waals surface area contributed by atoms with Gasteiger partial charge in [0.25, 0.3) is 0 Å². The average Bonchev–Trinajstić information content (AvgIpc) is 1.87. The molecule has 0 amide bonds. The number of unbranched alkanes of at least 4 members (excludes halogenated alkanes) is 2. The van der Waals surface area contributed by atoms with E-state index >= 15 is 0 Å². The summed E-state index contributed by atoms with van der Waals surface area (Å²) < 4.78 is -0.679. The molecule has 1 atom stereocenters.